The Balaban J connectivity index is 1.64. The Bertz CT molecular complexity index is 1000. The summed E-state index contributed by atoms with van der Waals surface area (Å²) in [5.41, 5.74) is 1.68. The molecule has 0 saturated heterocycles. The molecular weight excluding hydrogens is 320 g/mol. The van der Waals surface area contributed by atoms with Crippen LogP contribution in [0.3, 0.4) is 0 Å². The highest BCUT2D eigenvalue weighted by Gasteiger charge is 2.19. The van der Waals surface area contributed by atoms with E-state index in [1.165, 1.54) is 11.1 Å². The predicted molar refractivity (Wildman–Crippen MR) is 93.7 cm³/mol. The van der Waals surface area contributed by atoms with Crippen LogP contribution in [0.15, 0.2) is 21.3 Å². The van der Waals surface area contributed by atoms with E-state index in [0.717, 1.165) is 37.0 Å². The molecule has 7 nitrogen and oxygen atoms in total. The van der Waals surface area contributed by atoms with Crippen LogP contribution in [-0.4, -0.2) is 26.1 Å². The second-order valence-corrected chi connectivity index (χ2v) is 6.88. The van der Waals surface area contributed by atoms with E-state index in [9.17, 15) is 9.59 Å². The molecule has 0 unspecified atom stereocenters. The minimum Gasteiger partial charge on any atom is -0.460 e. The van der Waals surface area contributed by atoms with Gasteiger partial charge >= 0.3 is 0 Å². The normalized spacial score (nSPS) is 15.9. The number of amides is 1. The number of aryl methyl sites for hydroxylation is 2. The van der Waals surface area contributed by atoms with Gasteiger partial charge in [-0.3, -0.25) is 14.0 Å². The molecule has 25 heavy (non-hydrogen) atoms. The van der Waals surface area contributed by atoms with Crippen LogP contribution in [0.25, 0.3) is 16.6 Å². The number of rotatable bonds is 3. The van der Waals surface area contributed by atoms with E-state index in [0.29, 0.717) is 16.9 Å². The lowest BCUT2D eigenvalue weighted by Crippen LogP contribution is -2.40. The summed E-state index contributed by atoms with van der Waals surface area (Å²) in [5.74, 6) is 1.28. The van der Waals surface area contributed by atoms with E-state index < -0.39 is 0 Å². The summed E-state index contributed by atoms with van der Waals surface area (Å²) in [6.07, 6.45) is 5.56. The van der Waals surface area contributed by atoms with Crippen LogP contribution in [-0.2, 0) is 11.3 Å². The average molecular weight is 342 g/mol. The summed E-state index contributed by atoms with van der Waals surface area (Å²) in [4.78, 5) is 25.0. The summed E-state index contributed by atoms with van der Waals surface area (Å²) in [6.45, 7) is 3.63. The van der Waals surface area contributed by atoms with Crippen molar-refractivity contribution in [2.75, 3.05) is 0 Å². The molecule has 0 aromatic carbocycles. The van der Waals surface area contributed by atoms with Gasteiger partial charge in [0, 0.05) is 18.2 Å². The summed E-state index contributed by atoms with van der Waals surface area (Å²) in [6, 6.07) is 3.83. The quantitative estimate of drug-likeness (QED) is 0.792. The van der Waals surface area contributed by atoms with Crippen molar-refractivity contribution < 1.29 is 9.21 Å². The van der Waals surface area contributed by atoms with Crippen molar-refractivity contribution in [3.63, 3.8) is 0 Å². The Morgan fingerprint density at radius 2 is 2.00 bits per heavy atom. The smallest absolute Gasteiger partial charge is 0.291 e. The third kappa shape index (κ3) is 2.83. The average Bonchev–Trinajstić information content (AvgIpc) is 3.09. The molecule has 1 fully saturated rings. The minimum atomic E-state index is -0.284. The van der Waals surface area contributed by atoms with Gasteiger partial charge in [0.15, 0.2) is 5.58 Å². The van der Waals surface area contributed by atoms with Crippen LogP contribution < -0.4 is 10.9 Å². The predicted octanol–water partition coefficient (Wildman–Crippen LogP) is 2.31. The van der Waals surface area contributed by atoms with Gasteiger partial charge in [-0.15, -0.1) is 0 Å². The standard InChI is InChI=1S/C18H22N4O3/c1-11-8-14-16(25-11)9-15-18(24)21(20-12(2)22(14)15)10-17(23)19-13-6-4-3-5-7-13/h8-9,13H,3-7,10H2,1-2H3,(H,19,23). The number of nitrogens with one attached hydrogen (secondary N) is 1. The maximum atomic E-state index is 12.7. The van der Waals surface area contributed by atoms with Gasteiger partial charge in [-0.2, -0.15) is 5.10 Å². The third-order valence-electron chi connectivity index (χ3n) is 4.92. The van der Waals surface area contributed by atoms with Gasteiger partial charge in [-0.25, -0.2) is 4.68 Å². The van der Waals surface area contributed by atoms with Gasteiger partial charge in [0.25, 0.3) is 5.56 Å². The van der Waals surface area contributed by atoms with Crippen molar-refractivity contribution >= 4 is 22.5 Å². The molecule has 132 valence electrons. The molecule has 3 aromatic heterocycles. The molecule has 0 radical (unpaired) electrons. The van der Waals surface area contributed by atoms with Crippen LogP contribution in [0.2, 0.25) is 0 Å². The largest absolute Gasteiger partial charge is 0.460 e. The van der Waals surface area contributed by atoms with Crippen LogP contribution >= 0.6 is 0 Å². The highest BCUT2D eigenvalue weighted by atomic mass is 16.3. The molecule has 0 atom stereocenters. The van der Waals surface area contributed by atoms with Crippen molar-refractivity contribution in [3.8, 4) is 0 Å². The van der Waals surface area contributed by atoms with Gasteiger partial charge < -0.3 is 9.73 Å². The summed E-state index contributed by atoms with van der Waals surface area (Å²) >= 11 is 0. The lowest BCUT2D eigenvalue weighted by molar-refractivity contribution is -0.122. The van der Waals surface area contributed by atoms with E-state index in [1.807, 2.05) is 19.9 Å². The number of hydrogen-bond donors (Lipinski definition) is 1. The number of carbonyl (C=O) groups excluding carboxylic acids is 1. The van der Waals surface area contributed by atoms with Crippen LogP contribution in [0, 0.1) is 13.8 Å². The molecule has 1 aliphatic rings. The Hall–Kier alpha value is -2.57. The van der Waals surface area contributed by atoms with Gasteiger partial charge in [-0.1, -0.05) is 19.3 Å². The first-order chi connectivity index (χ1) is 12.0. The maximum absolute atomic E-state index is 12.7. The van der Waals surface area contributed by atoms with Crippen LogP contribution in [0.4, 0.5) is 0 Å². The van der Waals surface area contributed by atoms with Gasteiger partial charge in [0.1, 0.15) is 23.6 Å². The highest BCUT2D eigenvalue weighted by Crippen LogP contribution is 2.22. The minimum absolute atomic E-state index is 0.0573. The summed E-state index contributed by atoms with van der Waals surface area (Å²) in [5, 5.41) is 7.36. The monoisotopic (exact) mass is 342 g/mol. The van der Waals surface area contributed by atoms with E-state index in [-0.39, 0.29) is 24.1 Å². The number of carbonyl (C=O) groups is 1. The van der Waals surface area contributed by atoms with Crippen molar-refractivity contribution in [3.05, 3.63) is 34.1 Å². The molecule has 0 bridgehead atoms. The van der Waals surface area contributed by atoms with Crippen molar-refractivity contribution in [1.29, 1.82) is 0 Å². The van der Waals surface area contributed by atoms with E-state index in [1.54, 1.807) is 10.5 Å². The Morgan fingerprint density at radius 1 is 1.24 bits per heavy atom. The molecule has 1 N–H and O–H groups in total. The topological polar surface area (TPSA) is 81.5 Å². The molecule has 3 heterocycles. The second-order valence-electron chi connectivity index (χ2n) is 6.88. The molecule has 3 aromatic rings. The highest BCUT2D eigenvalue weighted by molar-refractivity contribution is 5.83. The Kier molecular flexibility index (Phi) is 3.86. The molecule has 4 rings (SSSR count). The molecular formula is C18H22N4O3. The zero-order chi connectivity index (χ0) is 17.6. The lowest BCUT2D eigenvalue weighted by Gasteiger charge is -2.22. The SMILES string of the molecule is Cc1cc2c(cc3c(=O)n(CC(=O)NC4CCCCC4)nc(C)n32)o1. The first-order valence-electron chi connectivity index (χ1n) is 8.81. The number of furan rings is 1. The van der Waals surface area contributed by atoms with Gasteiger partial charge in [-0.05, 0) is 26.7 Å². The van der Waals surface area contributed by atoms with Gasteiger partial charge in [0.05, 0.1) is 5.52 Å². The fourth-order valence-corrected chi connectivity index (χ4v) is 3.78. The summed E-state index contributed by atoms with van der Waals surface area (Å²) in [7, 11) is 0. The molecule has 1 aliphatic carbocycles. The fraction of sp³-hybridized carbons (Fsp3) is 0.500. The van der Waals surface area contributed by atoms with Crippen LogP contribution in [0.1, 0.15) is 43.7 Å². The Morgan fingerprint density at radius 3 is 2.76 bits per heavy atom. The fourth-order valence-electron chi connectivity index (χ4n) is 3.78. The van der Waals surface area contributed by atoms with E-state index in [4.69, 9.17) is 4.42 Å². The first kappa shape index (κ1) is 15.9. The first-order valence-corrected chi connectivity index (χ1v) is 8.81. The van der Waals surface area contributed by atoms with Crippen molar-refractivity contribution in [1.82, 2.24) is 19.5 Å². The summed E-state index contributed by atoms with van der Waals surface area (Å²) < 4.78 is 8.63. The number of fused-ring (bicyclic) bond motifs is 3. The third-order valence-corrected chi connectivity index (χ3v) is 4.92. The second kappa shape index (κ2) is 6.06. The van der Waals surface area contributed by atoms with E-state index >= 15 is 0 Å². The number of nitrogens with zero attached hydrogens (tertiary/aromatic N) is 3. The molecule has 7 heteroatoms. The van der Waals surface area contributed by atoms with Gasteiger partial charge in [0.2, 0.25) is 5.91 Å². The molecule has 0 aliphatic heterocycles. The van der Waals surface area contributed by atoms with E-state index in [2.05, 4.69) is 10.4 Å². The Labute approximate surface area is 144 Å². The van der Waals surface area contributed by atoms with Crippen molar-refractivity contribution in [2.24, 2.45) is 0 Å². The number of hydrogen-bond acceptors (Lipinski definition) is 4. The van der Waals surface area contributed by atoms with Crippen molar-refractivity contribution in [2.45, 2.75) is 58.5 Å². The maximum Gasteiger partial charge on any atom is 0.291 e. The number of aromatic nitrogens is 3. The lowest BCUT2D eigenvalue weighted by atomic mass is 9.95. The molecule has 1 saturated carbocycles. The molecule has 1 amide bonds. The van der Waals surface area contributed by atoms with Crippen LogP contribution in [0.5, 0.6) is 0 Å². The molecule has 0 spiro atoms. The zero-order valence-corrected chi connectivity index (χ0v) is 14.5. The zero-order valence-electron chi connectivity index (χ0n) is 14.5.